The summed E-state index contributed by atoms with van der Waals surface area (Å²) in [5.41, 5.74) is 0. The van der Waals surface area contributed by atoms with Crippen molar-refractivity contribution in [2.75, 3.05) is 7.05 Å². The summed E-state index contributed by atoms with van der Waals surface area (Å²) in [7, 11) is 1.06. The first-order chi connectivity index (χ1) is 6.25. The molecule has 4 nitrogen and oxygen atoms in total. The predicted octanol–water partition coefficient (Wildman–Crippen LogP) is 0.480. The van der Waals surface area contributed by atoms with Crippen molar-refractivity contribution in [3.05, 3.63) is 0 Å². The number of carboxylic acids is 1. The van der Waals surface area contributed by atoms with E-state index in [0.717, 1.165) is 7.05 Å². The molecule has 14 heavy (non-hydrogen) atoms. The molecule has 1 N–H and O–H groups in total. The van der Waals surface area contributed by atoms with Crippen molar-refractivity contribution in [2.45, 2.75) is 18.6 Å². The van der Waals surface area contributed by atoms with Gasteiger partial charge in [0.2, 0.25) is 5.91 Å². The minimum Gasteiger partial charge on any atom is -0.480 e. The van der Waals surface area contributed by atoms with Crippen LogP contribution in [0.15, 0.2) is 0 Å². The molecular weight excluding hydrogens is 203 g/mol. The number of rotatable bonds is 1. The van der Waals surface area contributed by atoms with Gasteiger partial charge in [-0.2, -0.15) is 13.2 Å². The van der Waals surface area contributed by atoms with E-state index in [1.54, 1.807) is 0 Å². The standard InChI is InChI=1S/C7H8F3NO3/c1-11-4(12)2-3(7(8,9)10)5(11)6(13)14/h3,5H,2H2,1H3,(H,13,14). The van der Waals surface area contributed by atoms with Gasteiger partial charge in [0.25, 0.3) is 0 Å². The number of nitrogens with zero attached hydrogens (tertiary/aromatic N) is 1. The molecule has 0 bridgehead atoms. The maximum Gasteiger partial charge on any atom is 0.394 e. The summed E-state index contributed by atoms with van der Waals surface area (Å²) in [6, 6.07) is -1.79. The number of alkyl halides is 3. The SMILES string of the molecule is CN1C(=O)CC(C(F)(F)F)C1C(=O)O. The molecule has 1 aliphatic heterocycles. The van der Waals surface area contributed by atoms with Crippen molar-refractivity contribution in [3.8, 4) is 0 Å². The van der Waals surface area contributed by atoms with E-state index in [4.69, 9.17) is 5.11 Å². The van der Waals surface area contributed by atoms with Crippen molar-refractivity contribution in [1.82, 2.24) is 4.90 Å². The van der Waals surface area contributed by atoms with Crippen LogP contribution < -0.4 is 0 Å². The van der Waals surface area contributed by atoms with E-state index in [1.165, 1.54) is 0 Å². The van der Waals surface area contributed by atoms with Crippen LogP contribution in [0, 0.1) is 5.92 Å². The lowest BCUT2D eigenvalue weighted by atomic mass is 10.00. The molecule has 1 rings (SSSR count). The van der Waals surface area contributed by atoms with Crippen LogP contribution >= 0.6 is 0 Å². The minimum atomic E-state index is -4.65. The fourth-order valence-corrected chi connectivity index (χ4v) is 1.50. The Morgan fingerprint density at radius 2 is 2.07 bits per heavy atom. The molecule has 1 fully saturated rings. The van der Waals surface area contributed by atoms with Crippen LogP contribution in [0.3, 0.4) is 0 Å². The average molecular weight is 211 g/mol. The molecule has 0 spiro atoms. The number of halogens is 3. The van der Waals surface area contributed by atoms with Crippen molar-refractivity contribution < 1.29 is 27.9 Å². The summed E-state index contributed by atoms with van der Waals surface area (Å²) < 4.78 is 36.8. The van der Waals surface area contributed by atoms with Gasteiger partial charge in [-0.3, -0.25) is 4.79 Å². The maximum absolute atomic E-state index is 12.3. The topological polar surface area (TPSA) is 57.6 Å². The maximum atomic E-state index is 12.3. The van der Waals surface area contributed by atoms with E-state index < -0.39 is 36.4 Å². The highest BCUT2D eigenvalue weighted by Gasteiger charge is 2.55. The van der Waals surface area contributed by atoms with E-state index in [0.29, 0.717) is 4.90 Å². The molecule has 0 aromatic heterocycles. The van der Waals surface area contributed by atoms with Gasteiger partial charge in [-0.05, 0) is 0 Å². The van der Waals surface area contributed by atoms with E-state index in [-0.39, 0.29) is 0 Å². The minimum absolute atomic E-state index is 0.625. The zero-order valence-corrected chi connectivity index (χ0v) is 7.21. The Morgan fingerprint density at radius 3 is 2.36 bits per heavy atom. The van der Waals surface area contributed by atoms with Crippen molar-refractivity contribution in [1.29, 1.82) is 0 Å². The Balaban J connectivity index is 2.97. The molecule has 2 atom stereocenters. The highest BCUT2D eigenvalue weighted by atomic mass is 19.4. The number of likely N-dealkylation sites (N-methyl/N-ethyl adjacent to an activating group) is 1. The van der Waals surface area contributed by atoms with Crippen LogP contribution in [0.4, 0.5) is 13.2 Å². The molecule has 2 unspecified atom stereocenters. The number of carbonyl (C=O) groups excluding carboxylic acids is 1. The molecule has 0 aromatic rings. The molecule has 80 valence electrons. The van der Waals surface area contributed by atoms with E-state index in [2.05, 4.69) is 0 Å². The van der Waals surface area contributed by atoms with E-state index >= 15 is 0 Å². The molecule has 0 aromatic carbocycles. The van der Waals surface area contributed by atoms with Gasteiger partial charge in [-0.1, -0.05) is 0 Å². The Hall–Kier alpha value is -1.27. The number of carboxylic acid groups (broad SMARTS) is 1. The molecule has 1 aliphatic rings. The molecule has 1 heterocycles. The third kappa shape index (κ3) is 1.66. The lowest BCUT2D eigenvalue weighted by Crippen LogP contribution is -2.43. The van der Waals surface area contributed by atoms with Crippen LogP contribution in [-0.2, 0) is 9.59 Å². The fourth-order valence-electron chi connectivity index (χ4n) is 1.50. The highest BCUT2D eigenvalue weighted by molar-refractivity contribution is 5.88. The summed E-state index contributed by atoms with van der Waals surface area (Å²) in [6.07, 6.45) is -5.43. The molecule has 7 heteroatoms. The average Bonchev–Trinajstić information content (AvgIpc) is 2.27. The Labute approximate surface area is 77.3 Å². The third-order valence-electron chi connectivity index (χ3n) is 2.26. The third-order valence-corrected chi connectivity index (χ3v) is 2.26. The molecule has 1 saturated heterocycles. The van der Waals surface area contributed by atoms with Gasteiger partial charge in [-0.25, -0.2) is 4.79 Å². The summed E-state index contributed by atoms with van der Waals surface area (Å²) in [5, 5.41) is 8.54. The molecule has 0 aliphatic carbocycles. The van der Waals surface area contributed by atoms with Crippen LogP contribution in [-0.4, -0.2) is 41.1 Å². The molecule has 0 radical (unpaired) electrons. The summed E-state index contributed by atoms with van der Waals surface area (Å²) >= 11 is 0. The largest absolute Gasteiger partial charge is 0.480 e. The van der Waals surface area contributed by atoms with Gasteiger partial charge in [0.15, 0.2) is 0 Å². The second-order valence-corrected chi connectivity index (χ2v) is 3.14. The van der Waals surface area contributed by atoms with Crippen molar-refractivity contribution in [2.24, 2.45) is 5.92 Å². The lowest BCUT2D eigenvalue weighted by molar-refractivity contribution is -0.187. The van der Waals surface area contributed by atoms with Gasteiger partial charge in [0, 0.05) is 13.5 Å². The van der Waals surface area contributed by atoms with Gasteiger partial charge in [0.1, 0.15) is 6.04 Å². The Bertz CT molecular complexity index is 276. The van der Waals surface area contributed by atoms with E-state index in [9.17, 15) is 22.8 Å². The zero-order chi connectivity index (χ0) is 11.1. The smallest absolute Gasteiger partial charge is 0.394 e. The van der Waals surface area contributed by atoms with Crippen LogP contribution in [0.25, 0.3) is 0 Å². The predicted molar refractivity (Wildman–Crippen MR) is 38.4 cm³/mol. The highest BCUT2D eigenvalue weighted by Crippen LogP contribution is 2.38. The van der Waals surface area contributed by atoms with Gasteiger partial charge >= 0.3 is 12.1 Å². The summed E-state index contributed by atoms with van der Waals surface area (Å²) in [6.45, 7) is 0. The first-order valence-electron chi connectivity index (χ1n) is 3.80. The summed E-state index contributed by atoms with van der Waals surface area (Å²) in [4.78, 5) is 22.1. The number of likely N-dealkylation sites (tertiary alicyclic amines) is 1. The number of hydrogen-bond acceptors (Lipinski definition) is 2. The molecule has 0 saturated carbocycles. The van der Waals surface area contributed by atoms with Crippen molar-refractivity contribution in [3.63, 3.8) is 0 Å². The number of amides is 1. The van der Waals surface area contributed by atoms with Gasteiger partial charge in [-0.15, -0.1) is 0 Å². The van der Waals surface area contributed by atoms with Crippen LogP contribution in [0.5, 0.6) is 0 Å². The zero-order valence-electron chi connectivity index (χ0n) is 7.21. The van der Waals surface area contributed by atoms with Crippen LogP contribution in [0.1, 0.15) is 6.42 Å². The van der Waals surface area contributed by atoms with Gasteiger partial charge < -0.3 is 10.0 Å². The number of aliphatic carboxylic acids is 1. The second kappa shape index (κ2) is 3.14. The number of hydrogen-bond donors (Lipinski definition) is 1. The molecular formula is C7H8F3NO3. The second-order valence-electron chi connectivity index (χ2n) is 3.14. The van der Waals surface area contributed by atoms with Crippen LogP contribution in [0.2, 0.25) is 0 Å². The number of carbonyl (C=O) groups is 2. The first-order valence-corrected chi connectivity index (χ1v) is 3.80. The lowest BCUT2D eigenvalue weighted by Gasteiger charge is -2.22. The Morgan fingerprint density at radius 1 is 1.57 bits per heavy atom. The normalized spacial score (nSPS) is 28.3. The Kier molecular flexibility index (Phi) is 2.43. The monoisotopic (exact) mass is 211 g/mol. The quantitative estimate of drug-likeness (QED) is 0.686. The van der Waals surface area contributed by atoms with Gasteiger partial charge in [0.05, 0.1) is 5.92 Å². The van der Waals surface area contributed by atoms with Crippen molar-refractivity contribution >= 4 is 11.9 Å². The van der Waals surface area contributed by atoms with E-state index in [1.807, 2.05) is 0 Å². The first kappa shape index (κ1) is 10.8. The summed E-state index contributed by atoms with van der Waals surface area (Å²) in [5.74, 6) is -4.52. The molecule has 1 amide bonds. The fraction of sp³-hybridized carbons (Fsp3) is 0.714.